The number of rotatable bonds is 8. The van der Waals surface area contributed by atoms with Crippen molar-refractivity contribution in [3.8, 4) is 0 Å². The first-order valence-corrected chi connectivity index (χ1v) is 12.1. The predicted molar refractivity (Wildman–Crippen MR) is 150 cm³/mol. The Morgan fingerprint density at radius 1 is 1.05 bits per heavy atom. The quantitative estimate of drug-likeness (QED) is 0.145. The van der Waals surface area contributed by atoms with Crippen LogP contribution >= 0.6 is 0 Å². The molecule has 2 amide bonds. The van der Waals surface area contributed by atoms with E-state index in [1.807, 2.05) is 60.7 Å². The van der Waals surface area contributed by atoms with Crippen LogP contribution in [0.4, 0.5) is 17.1 Å². The van der Waals surface area contributed by atoms with E-state index in [2.05, 4.69) is 25.9 Å². The number of non-ortho nitro benzene ring substituents is 1. The molecule has 194 valence electrons. The van der Waals surface area contributed by atoms with Crippen molar-refractivity contribution in [2.24, 2.45) is 0 Å². The Morgan fingerprint density at radius 3 is 2.49 bits per heavy atom. The average molecular weight is 521 g/mol. The van der Waals surface area contributed by atoms with E-state index < -0.39 is 4.92 Å². The van der Waals surface area contributed by atoms with Crippen LogP contribution in [0.15, 0.2) is 79.3 Å². The molecule has 1 aromatic heterocycles. The third kappa shape index (κ3) is 5.75. The molecule has 4 N–H and O–H groups in total. The fourth-order valence-electron chi connectivity index (χ4n) is 4.18. The summed E-state index contributed by atoms with van der Waals surface area (Å²) in [6, 6.07) is 19.3. The number of nitro groups is 1. The second kappa shape index (κ2) is 10.9. The second-order valence-electron chi connectivity index (χ2n) is 8.87. The van der Waals surface area contributed by atoms with Gasteiger partial charge in [-0.15, -0.1) is 0 Å². The first-order valence-electron chi connectivity index (χ1n) is 12.1. The number of imidazole rings is 1. The molecule has 0 radical (unpaired) electrons. The number of aromatic amines is 1. The molecule has 39 heavy (non-hydrogen) atoms. The molecule has 0 aliphatic carbocycles. The zero-order valence-electron chi connectivity index (χ0n) is 20.9. The molecule has 0 unspecified atom stereocenters. The Kier molecular flexibility index (Phi) is 7.00. The first-order chi connectivity index (χ1) is 18.9. The highest BCUT2D eigenvalue weighted by atomic mass is 16.6. The van der Waals surface area contributed by atoms with Crippen molar-refractivity contribution in [3.63, 3.8) is 0 Å². The zero-order valence-corrected chi connectivity index (χ0v) is 20.9. The fraction of sp³-hybridized carbons (Fsp3) is 0.0690. The monoisotopic (exact) mass is 520 g/mol. The van der Waals surface area contributed by atoms with Crippen molar-refractivity contribution >= 4 is 52.3 Å². The Balaban J connectivity index is 1.53. The maximum absolute atomic E-state index is 13.2. The molecule has 10 heteroatoms. The maximum Gasteiger partial charge on any atom is 0.270 e. The van der Waals surface area contributed by atoms with Gasteiger partial charge in [0.1, 0.15) is 0 Å². The number of nitro benzene ring substituents is 1. The number of carbonyl (C=O) groups is 2. The molecule has 0 fully saturated rings. The summed E-state index contributed by atoms with van der Waals surface area (Å²) in [4.78, 5) is 42.5. The summed E-state index contributed by atoms with van der Waals surface area (Å²) in [5.74, 6) is -0.499. The van der Waals surface area contributed by atoms with Crippen molar-refractivity contribution in [2.45, 2.75) is 13.5 Å². The van der Waals surface area contributed by atoms with E-state index in [1.54, 1.807) is 12.5 Å². The summed E-state index contributed by atoms with van der Waals surface area (Å²) in [5.41, 5.74) is 5.71. The number of H-pyrrole nitrogens is 1. The van der Waals surface area contributed by atoms with Crippen LogP contribution in [0.5, 0.6) is 0 Å². The van der Waals surface area contributed by atoms with Gasteiger partial charge in [-0.1, -0.05) is 42.5 Å². The van der Waals surface area contributed by atoms with Gasteiger partial charge in [-0.2, -0.15) is 0 Å². The molecule has 5 rings (SSSR count). The van der Waals surface area contributed by atoms with Gasteiger partial charge in [0.2, 0.25) is 5.91 Å². The Morgan fingerprint density at radius 2 is 1.82 bits per heavy atom. The number of amides is 2. The highest BCUT2D eigenvalue weighted by Gasteiger charge is 2.30. The average Bonchev–Trinajstić information content (AvgIpc) is 3.57. The standard InChI is InChI=1S/C29H24N6O4/c1-18(36)31-15-20-2-7-21(8-3-20)28(27-25-14-24(35(38)39)12-13-26(25)34-29(27)37)33-22-9-4-19(5-10-22)6-11-23-16-30-17-32-23/h2-14,16-17,33H,15H2,1H3,(H,30,32)(H,31,36)(H,34,37). The van der Waals surface area contributed by atoms with Crippen LogP contribution < -0.4 is 16.0 Å². The van der Waals surface area contributed by atoms with Gasteiger partial charge in [0, 0.05) is 48.7 Å². The number of anilines is 2. The molecule has 4 aromatic rings. The smallest absolute Gasteiger partial charge is 0.270 e. The molecule has 1 aliphatic rings. The molecule has 1 aliphatic heterocycles. The van der Waals surface area contributed by atoms with E-state index in [1.165, 1.54) is 25.1 Å². The van der Waals surface area contributed by atoms with Gasteiger partial charge in [-0.25, -0.2) is 4.98 Å². The molecule has 3 aromatic carbocycles. The van der Waals surface area contributed by atoms with Crippen molar-refractivity contribution in [3.05, 3.63) is 117 Å². The summed E-state index contributed by atoms with van der Waals surface area (Å²) < 4.78 is 0. The number of hydrogen-bond acceptors (Lipinski definition) is 6. The molecule has 0 saturated carbocycles. The normalized spacial score (nSPS) is 13.6. The second-order valence-corrected chi connectivity index (χ2v) is 8.87. The number of carbonyl (C=O) groups excluding carboxylic acids is 2. The number of fused-ring (bicyclic) bond motifs is 1. The Bertz CT molecular complexity index is 1600. The predicted octanol–water partition coefficient (Wildman–Crippen LogP) is 5.06. The van der Waals surface area contributed by atoms with Crippen molar-refractivity contribution < 1.29 is 14.5 Å². The van der Waals surface area contributed by atoms with Crippen LogP contribution in [0.1, 0.15) is 34.9 Å². The van der Waals surface area contributed by atoms with Crippen molar-refractivity contribution in [1.29, 1.82) is 0 Å². The molecule has 0 atom stereocenters. The number of aromatic nitrogens is 2. The van der Waals surface area contributed by atoms with Gasteiger partial charge in [0.05, 0.1) is 28.2 Å². The SMILES string of the molecule is CC(=O)NCc1ccc(C(Nc2ccc(C=Cc3c[nH]cn3)cc2)=C2C(=O)Nc3ccc([N+](=O)[O-])cc32)cc1. The number of hydrogen-bond donors (Lipinski definition) is 4. The summed E-state index contributed by atoms with van der Waals surface area (Å²) in [6.45, 7) is 1.83. The lowest BCUT2D eigenvalue weighted by Crippen LogP contribution is -2.18. The Hall–Kier alpha value is -5.51. The molecule has 0 spiro atoms. The molecule has 10 nitrogen and oxygen atoms in total. The van der Waals surface area contributed by atoms with E-state index in [0.717, 1.165) is 22.5 Å². The van der Waals surface area contributed by atoms with E-state index >= 15 is 0 Å². The van der Waals surface area contributed by atoms with Gasteiger partial charge in [-0.3, -0.25) is 19.7 Å². The van der Waals surface area contributed by atoms with Gasteiger partial charge in [-0.05, 0) is 41.0 Å². The largest absolute Gasteiger partial charge is 0.354 e. The molecule has 2 heterocycles. The fourth-order valence-corrected chi connectivity index (χ4v) is 4.18. The number of nitrogens with zero attached hydrogens (tertiary/aromatic N) is 2. The number of nitrogens with one attached hydrogen (secondary N) is 4. The minimum absolute atomic E-state index is 0.110. The Labute approximate surface area is 223 Å². The zero-order chi connectivity index (χ0) is 27.4. The first kappa shape index (κ1) is 25.2. The van der Waals surface area contributed by atoms with Crippen LogP contribution in [0.3, 0.4) is 0 Å². The van der Waals surface area contributed by atoms with Crippen LogP contribution in [0, 0.1) is 10.1 Å². The lowest BCUT2D eigenvalue weighted by atomic mass is 9.98. The lowest BCUT2D eigenvalue weighted by molar-refractivity contribution is -0.384. The van der Waals surface area contributed by atoms with Gasteiger partial charge < -0.3 is 20.9 Å². The van der Waals surface area contributed by atoms with Crippen molar-refractivity contribution in [2.75, 3.05) is 10.6 Å². The molecule has 0 saturated heterocycles. The van der Waals surface area contributed by atoms with Crippen molar-refractivity contribution in [1.82, 2.24) is 15.3 Å². The van der Waals surface area contributed by atoms with Gasteiger partial charge in [0.15, 0.2) is 0 Å². The lowest BCUT2D eigenvalue weighted by Gasteiger charge is -2.15. The van der Waals surface area contributed by atoms with Crippen LogP contribution in [-0.4, -0.2) is 26.7 Å². The highest BCUT2D eigenvalue weighted by Crippen LogP contribution is 2.39. The highest BCUT2D eigenvalue weighted by molar-refractivity contribution is 6.37. The van der Waals surface area contributed by atoms with Gasteiger partial charge >= 0.3 is 0 Å². The number of benzene rings is 3. The molecular formula is C29H24N6O4. The maximum atomic E-state index is 13.2. The van der Waals surface area contributed by atoms with E-state index in [0.29, 0.717) is 34.6 Å². The summed E-state index contributed by atoms with van der Waals surface area (Å²) in [5, 5.41) is 20.4. The molecular weight excluding hydrogens is 496 g/mol. The summed E-state index contributed by atoms with van der Waals surface area (Å²) in [7, 11) is 0. The van der Waals surface area contributed by atoms with Crippen LogP contribution in [-0.2, 0) is 16.1 Å². The molecule has 0 bridgehead atoms. The van der Waals surface area contributed by atoms with Crippen LogP contribution in [0.2, 0.25) is 0 Å². The van der Waals surface area contributed by atoms with E-state index in [9.17, 15) is 19.7 Å². The minimum Gasteiger partial charge on any atom is -0.354 e. The van der Waals surface area contributed by atoms with E-state index in [-0.39, 0.29) is 17.5 Å². The van der Waals surface area contributed by atoms with Crippen LogP contribution in [0.25, 0.3) is 23.4 Å². The minimum atomic E-state index is -0.486. The third-order valence-electron chi connectivity index (χ3n) is 6.14. The topological polar surface area (TPSA) is 142 Å². The summed E-state index contributed by atoms with van der Waals surface area (Å²) >= 11 is 0. The van der Waals surface area contributed by atoms with E-state index in [4.69, 9.17) is 0 Å². The summed E-state index contributed by atoms with van der Waals surface area (Å²) in [6.07, 6.45) is 7.23. The third-order valence-corrected chi connectivity index (χ3v) is 6.14. The van der Waals surface area contributed by atoms with Gasteiger partial charge in [0.25, 0.3) is 11.6 Å².